The van der Waals surface area contributed by atoms with E-state index in [2.05, 4.69) is 0 Å². The van der Waals surface area contributed by atoms with Crippen molar-refractivity contribution in [3.8, 4) is 5.75 Å². The molecule has 0 radical (unpaired) electrons. The van der Waals surface area contributed by atoms with Crippen LogP contribution in [-0.4, -0.2) is 0 Å². The molecule has 0 heterocycles. The van der Waals surface area contributed by atoms with E-state index in [1.807, 2.05) is 42.5 Å². The summed E-state index contributed by atoms with van der Waals surface area (Å²) < 4.78 is 5.90. The minimum Gasteiger partial charge on any atom is -0.488 e. The minimum absolute atomic E-state index is 0.357. The zero-order chi connectivity index (χ0) is 14.8. The SMILES string of the molecule is Nc1ccc(Cl)c(COc2ccc(Cl)c3ccccc23)c1. The van der Waals surface area contributed by atoms with Gasteiger partial charge in [-0.25, -0.2) is 0 Å². The molecule has 0 spiro atoms. The van der Waals surface area contributed by atoms with E-state index in [0.29, 0.717) is 22.3 Å². The molecule has 0 saturated carbocycles. The molecule has 2 N–H and O–H groups in total. The van der Waals surface area contributed by atoms with Crippen molar-refractivity contribution in [3.05, 3.63) is 70.2 Å². The number of anilines is 1. The largest absolute Gasteiger partial charge is 0.488 e. The molecule has 106 valence electrons. The third kappa shape index (κ3) is 2.92. The molecule has 0 aliphatic carbocycles. The Balaban J connectivity index is 1.92. The predicted molar refractivity (Wildman–Crippen MR) is 89.2 cm³/mol. The van der Waals surface area contributed by atoms with Crippen molar-refractivity contribution >= 4 is 39.7 Å². The molecular formula is C17H13Cl2NO. The number of fused-ring (bicyclic) bond motifs is 1. The van der Waals surface area contributed by atoms with Crippen molar-refractivity contribution in [2.24, 2.45) is 0 Å². The predicted octanol–water partition coefficient (Wildman–Crippen LogP) is 5.31. The van der Waals surface area contributed by atoms with Crippen LogP contribution in [0, 0.1) is 0 Å². The average Bonchev–Trinajstić information content (AvgIpc) is 2.50. The molecule has 4 heteroatoms. The number of rotatable bonds is 3. The van der Waals surface area contributed by atoms with Gasteiger partial charge in [0.2, 0.25) is 0 Å². The highest BCUT2D eigenvalue weighted by Crippen LogP contribution is 2.32. The first-order valence-electron chi connectivity index (χ1n) is 6.49. The van der Waals surface area contributed by atoms with Crippen LogP contribution in [-0.2, 0) is 6.61 Å². The van der Waals surface area contributed by atoms with Gasteiger partial charge in [0.25, 0.3) is 0 Å². The Morgan fingerprint density at radius 3 is 2.38 bits per heavy atom. The van der Waals surface area contributed by atoms with Crippen molar-refractivity contribution in [2.75, 3.05) is 5.73 Å². The zero-order valence-electron chi connectivity index (χ0n) is 11.1. The second-order valence-electron chi connectivity index (χ2n) is 4.73. The van der Waals surface area contributed by atoms with Crippen molar-refractivity contribution in [1.82, 2.24) is 0 Å². The Hall–Kier alpha value is -1.90. The summed E-state index contributed by atoms with van der Waals surface area (Å²) in [6, 6.07) is 16.9. The molecule has 3 rings (SSSR count). The Morgan fingerprint density at radius 1 is 0.857 bits per heavy atom. The third-order valence-corrected chi connectivity index (χ3v) is 3.98. The molecule has 0 bridgehead atoms. The summed E-state index contributed by atoms with van der Waals surface area (Å²) in [7, 11) is 0. The van der Waals surface area contributed by atoms with Gasteiger partial charge in [0.05, 0.1) is 0 Å². The van der Waals surface area contributed by atoms with Gasteiger partial charge in [0.1, 0.15) is 12.4 Å². The van der Waals surface area contributed by atoms with E-state index in [4.69, 9.17) is 33.7 Å². The van der Waals surface area contributed by atoms with Gasteiger partial charge in [-0.05, 0) is 30.3 Å². The summed E-state index contributed by atoms with van der Waals surface area (Å²) >= 11 is 12.3. The summed E-state index contributed by atoms with van der Waals surface area (Å²) in [5.74, 6) is 0.772. The van der Waals surface area contributed by atoms with Crippen LogP contribution in [0.5, 0.6) is 5.75 Å². The van der Waals surface area contributed by atoms with Crippen LogP contribution in [0.15, 0.2) is 54.6 Å². The first kappa shape index (κ1) is 14.1. The summed E-state index contributed by atoms with van der Waals surface area (Å²) in [6.45, 7) is 0.357. The standard InChI is InChI=1S/C17H13Cl2NO/c18-15-6-5-12(20)9-11(15)10-21-17-8-7-16(19)13-3-1-2-4-14(13)17/h1-9H,10,20H2. The van der Waals surface area contributed by atoms with Gasteiger partial charge < -0.3 is 10.5 Å². The number of hydrogen-bond acceptors (Lipinski definition) is 2. The minimum atomic E-state index is 0.357. The fourth-order valence-corrected chi connectivity index (χ4v) is 2.62. The van der Waals surface area contributed by atoms with Gasteiger partial charge in [-0.1, -0.05) is 47.5 Å². The lowest BCUT2D eigenvalue weighted by molar-refractivity contribution is 0.310. The van der Waals surface area contributed by atoms with Crippen molar-refractivity contribution in [1.29, 1.82) is 0 Å². The van der Waals surface area contributed by atoms with E-state index in [-0.39, 0.29) is 0 Å². The molecule has 0 unspecified atom stereocenters. The molecule has 2 nitrogen and oxygen atoms in total. The number of hydrogen-bond donors (Lipinski definition) is 1. The summed E-state index contributed by atoms with van der Waals surface area (Å²) in [5, 5.41) is 3.29. The van der Waals surface area contributed by atoms with E-state index in [0.717, 1.165) is 22.1 Å². The maximum absolute atomic E-state index is 6.20. The van der Waals surface area contributed by atoms with Crippen LogP contribution in [0.1, 0.15) is 5.56 Å². The molecular weight excluding hydrogens is 305 g/mol. The lowest BCUT2D eigenvalue weighted by Crippen LogP contribution is -1.98. The lowest BCUT2D eigenvalue weighted by atomic mass is 10.1. The number of nitrogens with two attached hydrogens (primary N) is 1. The normalized spacial score (nSPS) is 10.8. The Bertz CT molecular complexity index is 802. The van der Waals surface area contributed by atoms with E-state index in [1.165, 1.54) is 0 Å². The first-order valence-corrected chi connectivity index (χ1v) is 7.24. The first-order chi connectivity index (χ1) is 10.1. The van der Waals surface area contributed by atoms with Crippen LogP contribution in [0.3, 0.4) is 0 Å². The molecule has 0 saturated heterocycles. The number of benzene rings is 3. The maximum atomic E-state index is 6.20. The summed E-state index contributed by atoms with van der Waals surface area (Å²) in [5.41, 5.74) is 7.30. The molecule has 0 aliphatic rings. The second-order valence-corrected chi connectivity index (χ2v) is 5.55. The molecule has 0 aromatic heterocycles. The smallest absolute Gasteiger partial charge is 0.127 e. The maximum Gasteiger partial charge on any atom is 0.127 e. The number of nitrogen functional groups attached to an aromatic ring is 1. The highest BCUT2D eigenvalue weighted by molar-refractivity contribution is 6.35. The number of ether oxygens (including phenoxy) is 1. The fraction of sp³-hybridized carbons (Fsp3) is 0.0588. The van der Waals surface area contributed by atoms with Crippen LogP contribution in [0.4, 0.5) is 5.69 Å². The average molecular weight is 318 g/mol. The van der Waals surface area contributed by atoms with Crippen LogP contribution in [0.25, 0.3) is 10.8 Å². The Morgan fingerprint density at radius 2 is 1.57 bits per heavy atom. The quantitative estimate of drug-likeness (QED) is 0.664. The van der Waals surface area contributed by atoms with Crippen molar-refractivity contribution < 1.29 is 4.74 Å². The van der Waals surface area contributed by atoms with Crippen LogP contribution in [0.2, 0.25) is 10.0 Å². The molecule has 21 heavy (non-hydrogen) atoms. The van der Waals surface area contributed by atoms with E-state index in [9.17, 15) is 0 Å². The Labute approximate surface area is 133 Å². The molecule has 0 aliphatic heterocycles. The third-order valence-electron chi connectivity index (χ3n) is 3.28. The van der Waals surface area contributed by atoms with E-state index >= 15 is 0 Å². The van der Waals surface area contributed by atoms with E-state index in [1.54, 1.807) is 12.1 Å². The molecule has 0 fully saturated rings. The van der Waals surface area contributed by atoms with E-state index < -0.39 is 0 Å². The van der Waals surface area contributed by atoms with Gasteiger partial charge in [0.15, 0.2) is 0 Å². The molecule has 0 amide bonds. The highest BCUT2D eigenvalue weighted by Gasteiger charge is 2.07. The highest BCUT2D eigenvalue weighted by atomic mass is 35.5. The zero-order valence-corrected chi connectivity index (χ0v) is 12.7. The monoisotopic (exact) mass is 317 g/mol. The molecule has 3 aromatic carbocycles. The van der Waals surface area contributed by atoms with Crippen LogP contribution >= 0.6 is 23.2 Å². The molecule has 3 aromatic rings. The Kier molecular flexibility index (Phi) is 3.91. The second kappa shape index (κ2) is 5.84. The lowest BCUT2D eigenvalue weighted by Gasteiger charge is -2.11. The topological polar surface area (TPSA) is 35.2 Å². The summed E-state index contributed by atoms with van der Waals surface area (Å²) in [6.07, 6.45) is 0. The van der Waals surface area contributed by atoms with Crippen molar-refractivity contribution in [2.45, 2.75) is 6.61 Å². The summed E-state index contributed by atoms with van der Waals surface area (Å²) in [4.78, 5) is 0. The van der Waals surface area contributed by atoms with Crippen LogP contribution < -0.4 is 10.5 Å². The number of halogens is 2. The fourth-order valence-electron chi connectivity index (χ4n) is 2.22. The van der Waals surface area contributed by atoms with Gasteiger partial charge in [-0.15, -0.1) is 0 Å². The van der Waals surface area contributed by atoms with Gasteiger partial charge in [-0.3, -0.25) is 0 Å². The van der Waals surface area contributed by atoms with Gasteiger partial charge >= 0.3 is 0 Å². The van der Waals surface area contributed by atoms with Crippen molar-refractivity contribution in [3.63, 3.8) is 0 Å². The van der Waals surface area contributed by atoms with Gasteiger partial charge in [0, 0.05) is 32.1 Å². The van der Waals surface area contributed by atoms with Gasteiger partial charge in [-0.2, -0.15) is 0 Å². The molecule has 0 atom stereocenters.